The van der Waals surface area contributed by atoms with Crippen molar-refractivity contribution >= 4 is 21.7 Å². The van der Waals surface area contributed by atoms with Gasteiger partial charge in [-0.1, -0.05) is 6.07 Å². The average Bonchev–Trinajstić information content (AvgIpc) is 2.48. The smallest absolute Gasteiger partial charge is 0.478 e. The average molecular weight is 375 g/mol. The summed E-state index contributed by atoms with van der Waals surface area (Å²) in [5.41, 5.74) is 0.415. The maximum Gasteiger partial charge on any atom is 0.573 e. The summed E-state index contributed by atoms with van der Waals surface area (Å²) in [6.45, 7) is 1.57. The van der Waals surface area contributed by atoms with Crippen LogP contribution in [0, 0.1) is 6.92 Å². The van der Waals surface area contributed by atoms with Crippen LogP contribution in [0.2, 0.25) is 0 Å². The van der Waals surface area contributed by atoms with Crippen molar-refractivity contribution in [2.24, 2.45) is 0 Å². The van der Waals surface area contributed by atoms with Gasteiger partial charge in [0, 0.05) is 0 Å². The van der Waals surface area contributed by atoms with Gasteiger partial charge in [-0.3, -0.25) is 4.72 Å². The number of anilines is 1. The van der Waals surface area contributed by atoms with Gasteiger partial charge < -0.3 is 9.84 Å². The molecule has 134 valence electrons. The Kier molecular flexibility index (Phi) is 4.93. The van der Waals surface area contributed by atoms with E-state index in [4.69, 9.17) is 5.11 Å². The van der Waals surface area contributed by atoms with E-state index in [-0.39, 0.29) is 16.1 Å². The zero-order chi connectivity index (χ0) is 18.8. The van der Waals surface area contributed by atoms with Gasteiger partial charge in [-0.25, -0.2) is 13.2 Å². The van der Waals surface area contributed by atoms with Crippen molar-refractivity contribution in [1.29, 1.82) is 0 Å². The van der Waals surface area contributed by atoms with Crippen LogP contribution >= 0.6 is 0 Å². The number of carboxylic acids is 1. The second-order valence-electron chi connectivity index (χ2n) is 4.96. The maximum absolute atomic E-state index is 12.3. The molecular formula is C15H12F3NO5S. The molecule has 0 unspecified atom stereocenters. The lowest BCUT2D eigenvalue weighted by molar-refractivity contribution is -0.274. The van der Waals surface area contributed by atoms with Crippen molar-refractivity contribution in [3.63, 3.8) is 0 Å². The first-order chi connectivity index (χ1) is 11.5. The van der Waals surface area contributed by atoms with E-state index in [0.717, 1.165) is 30.3 Å². The Hall–Kier alpha value is -2.75. The van der Waals surface area contributed by atoms with E-state index < -0.39 is 28.1 Å². The minimum absolute atomic E-state index is 0.0514. The fraction of sp³-hybridized carbons (Fsp3) is 0.133. The molecule has 0 radical (unpaired) electrons. The zero-order valence-electron chi connectivity index (χ0n) is 12.7. The predicted octanol–water partition coefficient (Wildman–Crippen LogP) is 3.39. The summed E-state index contributed by atoms with van der Waals surface area (Å²) in [6, 6.07) is 7.52. The van der Waals surface area contributed by atoms with E-state index in [9.17, 15) is 26.4 Å². The summed E-state index contributed by atoms with van der Waals surface area (Å²) in [5, 5.41) is 8.96. The molecule has 0 aliphatic heterocycles. The molecule has 2 rings (SSSR count). The molecule has 2 aromatic rings. The van der Waals surface area contributed by atoms with Crippen LogP contribution in [0.15, 0.2) is 47.4 Å². The summed E-state index contributed by atoms with van der Waals surface area (Å²) >= 11 is 0. The third kappa shape index (κ3) is 4.86. The van der Waals surface area contributed by atoms with E-state index in [0.29, 0.717) is 5.56 Å². The summed E-state index contributed by atoms with van der Waals surface area (Å²) in [7, 11) is -4.12. The molecule has 6 nitrogen and oxygen atoms in total. The van der Waals surface area contributed by atoms with Gasteiger partial charge in [0.15, 0.2) is 0 Å². The molecule has 0 saturated carbocycles. The minimum atomic E-state index is -4.88. The third-order valence-corrected chi connectivity index (χ3v) is 4.48. The van der Waals surface area contributed by atoms with Crippen LogP contribution in [0.1, 0.15) is 15.9 Å². The Morgan fingerprint density at radius 3 is 2.24 bits per heavy atom. The molecule has 0 heterocycles. The number of hydrogen-bond acceptors (Lipinski definition) is 4. The lowest BCUT2D eigenvalue weighted by Gasteiger charge is -2.12. The second kappa shape index (κ2) is 6.63. The summed E-state index contributed by atoms with van der Waals surface area (Å²) in [4.78, 5) is 10.7. The highest BCUT2D eigenvalue weighted by Gasteiger charge is 2.31. The Morgan fingerprint density at radius 2 is 1.72 bits per heavy atom. The van der Waals surface area contributed by atoms with E-state index in [1.54, 1.807) is 6.92 Å². The maximum atomic E-state index is 12.3. The van der Waals surface area contributed by atoms with Crippen molar-refractivity contribution in [2.45, 2.75) is 18.2 Å². The molecule has 10 heteroatoms. The van der Waals surface area contributed by atoms with E-state index in [2.05, 4.69) is 9.46 Å². The van der Waals surface area contributed by atoms with Crippen molar-refractivity contribution in [3.8, 4) is 5.75 Å². The summed E-state index contributed by atoms with van der Waals surface area (Å²) in [6.07, 6.45) is -4.88. The quantitative estimate of drug-likeness (QED) is 0.836. The molecule has 0 saturated heterocycles. The number of aromatic carboxylic acids is 1. The normalized spacial score (nSPS) is 11.8. The zero-order valence-corrected chi connectivity index (χ0v) is 13.5. The van der Waals surface area contributed by atoms with Gasteiger partial charge in [0.1, 0.15) is 5.75 Å². The van der Waals surface area contributed by atoms with Crippen molar-refractivity contribution in [2.75, 3.05) is 4.72 Å². The van der Waals surface area contributed by atoms with Crippen LogP contribution in [0.25, 0.3) is 0 Å². The Bertz CT molecular complexity index is 892. The number of benzene rings is 2. The summed E-state index contributed by atoms with van der Waals surface area (Å²) < 4.78 is 66.8. The van der Waals surface area contributed by atoms with Crippen LogP contribution in [-0.2, 0) is 10.0 Å². The number of halogens is 3. The molecule has 0 bridgehead atoms. The Balaban J connectivity index is 2.28. The van der Waals surface area contributed by atoms with Crippen LogP contribution in [-0.4, -0.2) is 25.9 Å². The largest absolute Gasteiger partial charge is 0.573 e. The van der Waals surface area contributed by atoms with Gasteiger partial charge in [0.25, 0.3) is 10.0 Å². The molecule has 0 spiro atoms. The van der Waals surface area contributed by atoms with Gasteiger partial charge in [-0.05, 0) is 48.9 Å². The fourth-order valence-corrected chi connectivity index (χ4v) is 3.01. The van der Waals surface area contributed by atoms with E-state index >= 15 is 0 Å². The number of ether oxygens (including phenoxy) is 1. The molecule has 0 fully saturated rings. The lowest BCUT2D eigenvalue weighted by Crippen LogP contribution is -2.17. The molecule has 0 aliphatic rings. The molecule has 0 aromatic heterocycles. The molecule has 0 amide bonds. The van der Waals surface area contributed by atoms with Crippen LogP contribution in [0.5, 0.6) is 5.75 Å². The fourth-order valence-electron chi connectivity index (χ4n) is 1.89. The first-order valence-electron chi connectivity index (χ1n) is 6.70. The van der Waals surface area contributed by atoms with Crippen molar-refractivity contribution in [3.05, 3.63) is 53.6 Å². The highest BCUT2D eigenvalue weighted by molar-refractivity contribution is 7.92. The molecule has 0 atom stereocenters. The van der Waals surface area contributed by atoms with E-state index in [1.807, 2.05) is 0 Å². The van der Waals surface area contributed by atoms with Gasteiger partial charge in [0.05, 0.1) is 16.1 Å². The monoisotopic (exact) mass is 375 g/mol. The Morgan fingerprint density at radius 1 is 1.12 bits per heavy atom. The predicted molar refractivity (Wildman–Crippen MR) is 82.1 cm³/mol. The molecule has 25 heavy (non-hydrogen) atoms. The minimum Gasteiger partial charge on any atom is -0.478 e. The Labute approximate surface area is 140 Å². The second-order valence-corrected chi connectivity index (χ2v) is 6.64. The number of alkyl halides is 3. The number of rotatable bonds is 5. The number of carboxylic acid groups (broad SMARTS) is 1. The topological polar surface area (TPSA) is 92.7 Å². The first kappa shape index (κ1) is 18.6. The SMILES string of the molecule is Cc1ccc(C(=O)O)cc1NS(=O)(=O)c1ccc(OC(F)(F)F)cc1. The molecule has 2 aromatic carbocycles. The standard InChI is InChI=1S/C15H12F3NO5S/c1-9-2-3-10(14(20)21)8-13(9)19-25(22,23)12-6-4-11(5-7-12)24-15(16,17)18/h2-8,19H,1H3,(H,20,21). The van der Waals surface area contributed by atoms with Crippen molar-refractivity contribution in [1.82, 2.24) is 0 Å². The number of sulfonamides is 1. The first-order valence-corrected chi connectivity index (χ1v) is 8.19. The number of hydrogen-bond donors (Lipinski definition) is 2. The number of carbonyl (C=O) groups is 1. The third-order valence-electron chi connectivity index (χ3n) is 3.10. The van der Waals surface area contributed by atoms with E-state index in [1.165, 1.54) is 12.1 Å². The van der Waals surface area contributed by atoms with Gasteiger partial charge >= 0.3 is 12.3 Å². The number of aryl methyl sites for hydroxylation is 1. The van der Waals surface area contributed by atoms with Crippen LogP contribution < -0.4 is 9.46 Å². The highest BCUT2D eigenvalue weighted by Crippen LogP contribution is 2.25. The van der Waals surface area contributed by atoms with Gasteiger partial charge in [-0.2, -0.15) is 0 Å². The van der Waals surface area contributed by atoms with Gasteiger partial charge in [0.2, 0.25) is 0 Å². The van der Waals surface area contributed by atoms with Gasteiger partial charge in [-0.15, -0.1) is 13.2 Å². The van der Waals surface area contributed by atoms with Crippen LogP contribution in [0.3, 0.4) is 0 Å². The highest BCUT2D eigenvalue weighted by atomic mass is 32.2. The molecule has 2 N–H and O–H groups in total. The number of nitrogens with one attached hydrogen (secondary N) is 1. The lowest BCUT2D eigenvalue weighted by atomic mass is 10.1. The molecular weight excluding hydrogens is 363 g/mol. The van der Waals surface area contributed by atoms with Crippen LogP contribution in [0.4, 0.5) is 18.9 Å². The summed E-state index contributed by atoms with van der Waals surface area (Å²) in [5.74, 6) is -1.79. The molecule has 0 aliphatic carbocycles. The van der Waals surface area contributed by atoms with Crippen molar-refractivity contribution < 1.29 is 36.2 Å².